The van der Waals surface area contributed by atoms with Gasteiger partial charge in [0.2, 0.25) is 5.91 Å². The van der Waals surface area contributed by atoms with E-state index in [0.29, 0.717) is 18.8 Å². The summed E-state index contributed by atoms with van der Waals surface area (Å²) in [6, 6.07) is 23.5. The minimum absolute atomic E-state index is 0.169. The lowest BCUT2D eigenvalue weighted by Gasteiger charge is -2.31. The lowest BCUT2D eigenvalue weighted by atomic mass is 10.00. The summed E-state index contributed by atoms with van der Waals surface area (Å²) in [4.78, 5) is 15.1. The minimum atomic E-state index is -3.88. The Balaban J connectivity index is 1.64. The number of hydrogen-bond acceptors (Lipinski definition) is 3. The summed E-state index contributed by atoms with van der Waals surface area (Å²) >= 11 is 0. The smallest absolute Gasteiger partial charge is 0.264 e. The SMILES string of the molecule is Cc1ccc(N(CC(=O)N2CCc3ccccc3C2)S(=O)(=O)c2ccccc2)cc1. The van der Waals surface area contributed by atoms with E-state index in [4.69, 9.17) is 0 Å². The molecule has 3 aromatic rings. The molecule has 0 radical (unpaired) electrons. The van der Waals surface area contributed by atoms with Crippen molar-refractivity contribution in [3.05, 3.63) is 95.6 Å². The van der Waals surface area contributed by atoms with E-state index in [9.17, 15) is 13.2 Å². The Hall–Kier alpha value is -3.12. The van der Waals surface area contributed by atoms with Crippen molar-refractivity contribution in [1.82, 2.24) is 4.90 Å². The third-order valence-electron chi connectivity index (χ3n) is 5.42. The number of sulfonamides is 1. The monoisotopic (exact) mass is 420 g/mol. The first-order valence-electron chi connectivity index (χ1n) is 9.94. The maximum absolute atomic E-state index is 13.4. The predicted molar refractivity (Wildman–Crippen MR) is 118 cm³/mol. The molecule has 30 heavy (non-hydrogen) atoms. The normalized spacial score (nSPS) is 13.6. The van der Waals surface area contributed by atoms with Crippen molar-refractivity contribution in [2.45, 2.75) is 24.8 Å². The minimum Gasteiger partial charge on any atom is -0.336 e. The number of benzene rings is 3. The molecule has 0 saturated heterocycles. The molecule has 0 fully saturated rings. The van der Waals surface area contributed by atoms with Crippen LogP contribution < -0.4 is 4.31 Å². The van der Waals surface area contributed by atoms with E-state index in [1.807, 2.05) is 37.3 Å². The molecule has 3 aromatic carbocycles. The Morgan fingerprint density at radius 2 is 1.53 bits per heavy atom. The highest BCUT2D eigenvalue weighted by atomic mass is 32.2. The molecule has 0 saturated carbocycles. The molecule has 1 amide bonds. The summed E-state index contributed by atoms with van der Waals surface area (Å²) in [5, 5.41) is 0. The van der Waals surface area contributed by atoms with Gasteiger partial charge in [0.1, 0.15) is 6.54 Å². The van der Waals surface area contributed by atoms with Crippen molar-refractivity contribution in [1.29, 1.82) is 0 Å². The zero-order valence-corrected chi connectivity index (χ0v) is 17.7. The van der Waals surface area contributed by atoms with E-state index >= 15 is 0 Å². The number of rotatable bonds is 5. The molecule has 1 aliphatic rings. The number of hydrogen-bond donors (Lipinski definition) is 0. The number of amides is 1. The van der Waals surface area contributed by atoms with Gasteiger partial charge in [0.25, 0.3) is 10.0 Å². The van der Waals surface area contributed by atoms with Crippen molar-refractivity contribution in [3.63, 3.8) is 0 Å². The maximum Gasteiger partial charge on any atom is 0.264 e. The van der Waals surface area contributed by atoms with Crippen molar-refractivity contribution in [2.75, 3.05) is 17.4 Å². The Morgan fingerprint density at radius 3 is 2.23 bits per heavy atom. The van der Waals surface area contributed by atoms with Gasteiger partial charge < -0.3 is 4.90 Å². The molecule has 0 aliphatic carbocycles. The van der Waals surface area contributed by atoms with E-state index in [-0.39, 0.29) is 17.3 Å². The summed E-state index contributed by atoms with van der Waals surface area (Å²) in [6.45, 7) is 2.80. The van der Waals surface area contributed by atoms with E-state index in [1.54, 1.807) is 47.4 Å². The van der Waals surface area contributed by atoms with E-state index in [0.717, 1.165) is 17.5 Å². The summed E-state index contributed by atoms with van der Waals surface area (Å²) < 4.78 is 28.0. The lowest BCUT2D eigenvalue weighted by molar-refractivity contribution is -0.130. The molecular formula is C24H24N2O3S. The molecule has 0 bridgehead atoms. The maximum atomic E-state index is 13.4. The van der Waals surface area contributed by atoms with Crippen LogP contribution >= 0.6 is 0 Å². The standard InChI is InChI=1S/C24H24N2O3S/c1-19-11-13-22(14-12-19)26(30(28,29)23-9-3-2-4-10-23)18-24(27)25-16-15-20-7-5-6-8-21(20)17-25/h2-14H,15-18H2,1H3. The van der Waals surface area contributed by atoms with Gasteiger partial charge in [-0.15, -0.1) is 0 Å². The van der Waals surface area contributed by atoms with E-state index in [2.05, 4.69) is 6.07 Å². The van der Waals surface area contributed by atoms with E-state index < -0.39 is 10.0 Å². The number of aryl methyl sites for hydroxylation is 1. The zero-order chi connectivity index (χ0) is 21.1. The van der Waals surface area contributed by atoms with Gasteiger partial charge >= 0.3 is 0 Å². The second kappa shape index (κ2) is 8.32. The Kier molecular flexibility index (Phi) is 5.59. The number of fused-ring (bicyclic) bond motifs is 1. The van der Waals surface area contributed by atoms with Crippen LogP contribution in [0.1, 0.15) is 16.7 Å². The molecule has 4 rings (SSSR count). The topological polar surface area (TPSA) is 57.7 Å². The highest BCUT2D eigenvalue weighted by Crippen LogP contribution is 2.25. The van der Waals surface area contributed by atoms with Gasteiger partial charge in [-0.2, -0.15) is 0 Å². The van der Waals surface area contributed by atoms with Crippen LogP contribution in [0, 0.1) is 6.92 Å². The fourth-order valence-corrected chi connectivity index (χ4v) is 5.11. The average molecular weight is 421 g/mol. The second-order valence-corrected chi connectivity index (χ2v) is 9.36. The van der Waals surface area contributed by atoms with Crippen LogP contribution in [0.15, 0.2) is 83.8 Å². The van der Waals surface area contributed by atoms with Crippen LogP contribution in [0.3, 0.4) is 0 Å². The molecular weight excluding hydrogens is 396 g/mol. The molecule has 0 atom stereocenters. The number of carbonyl (C=O) groups excluding carboxylic acids is 1. The van der Waals surface area contributed by atoms with E-state index in [1.165, 1.54) is 9.87 Å². The van der Waals surface area contributed by atoms with Gasteiger partial charge in [0.15, 0.2) is 0 Å². The molecule has 0 aromatic heterocycles. The molecule has 0 unspecified atom stereocenters. The summed E-state index contributed by atoms with van der Waals surface area (Å²) in [7, 11) is -3.88. The molecule has 0 N–H and O–H groups in total. The summed E-state index contributed by atoms with van der Waals surface area (Å²) in [5.74, 6) is -0.204. The molecule has 1 heterocycles. The first kappa shape index (κ1) is 20.2. The predicted octanol–water partition coefficient (Wildman–Crippen LogP) is 3.78. The van der Waals surface area contributed by atoms with Crippen LogP contribution in [0.25, 0.3) is 0 Å². The number of carbonyl (C=O) groups is 1. The highest BCUT2D eigenvalue weighted by Gasteiger charge is 2.30. The summed E-state index contributed by atoms with van der Waals surface area (Å²) in [6.07, 6.45) is 0.776. The van der Waals surface area contributed by atoms with Gasteiger partial charge in [-0.25, -0.2) is 8.42 Å². The van der Waals surface area contributed by atoms with Gasteiger partial charge in [0.05, 0.1) is 10.6 Å². The van der Waals surface area contributed by atoms with Crippen LogP contribution in [-0.2, 0) is 27.8 Å². The first-order valence-corrected chi connectivity index (χ1v) is 11.4. The third-order valence-corrected chi connectivity index (χ3v) is 7.20. The Bertz CT molecular complexity index is 1140. The second-order valence-electron chi connectivity index (χ2n) is 7.49. The molecule has 6 heteroatoms. The lowest BCUT2D eigenvalue weighted by Crippen LogP contribution is -2.44. The van der Waals surface area contributed by atoms with Crippen LogP contribution in [-0.4, -0.2) is 32.3 Å². The van der Waals surface area contributed by atoms with Crippen LogP contribution in [0.4, 0.5) is 5.69 Å². The van der Waals surface area contributed by atoms with Crippen LogP contribution in [0.5, 0.6) is 0 Å². The van der Waals surface area contributed by atoms with Gasteiger partial charge in [-0.05, 0) is 48.7 Å². The molecule has 154 valence electrons. The third kappa shape index (κ3) is 4.09. The quantitative estimate of drug-likeness (QED) is 0.631. The summed E-state index contributed by atoms with van der Waals surface area (Å²) in [5.41, 5.74) is 3.86. The number of nitrogens with zero attached hydrogens (tertiary/aromatic N) is 2. The molecule has 0 spiro atoms. The molecule has 5 nitrogen and oxygen atoms in total. The fourth-order valence-electron chi connectivity index (χ4n) is 3.68. The first-order chi connectivity index (χ1) is 14.4. The Morgan fingerprint density at radius 1 is 0.900 bits per heavy atom. The largest absolute Gasteiger partial charge is 0.336 e. The van der Waals surface area contributed by atoms with Gasteiger partial charge in [-0.1, -0.05) is 60.2 Å². The van der Waals surface area contributed by atoms with Crippen molar-refractivity contribution in [3.8, 4) is 0 Å². The average Bonchev–Trinajstić information content (AvgIpc) is 2.78. The number of anilines is 1. The van der Waals surface area contributed by atoms with Gasteiger partial charge in [0, 0.05) is 13.1 Å². The van der Waals surface area contributed by atoms with Crippen LogP contribution in [0.2, 0.25) is 0 Å². The van der Waals surface area contributed by atoms with Crippen molar-refractivity contribution >= 4 is 21.6 Å². The zero-order valence-electron chi connectivity index (χ0n) is 16.9. The highest BCUT2D eigenvalue weighted by molar-refractivity contribution is 7.92. The Labute approximate surface area is 177 Å². The van der Waals surface area contributed by atoms with Crippen molar-refractivity contribution in [2.24, 2.45) is 0 Å². The fraction of sp³-hybridized carbons (Fsp3) is 0.208. The molecule has 1 aliphatic heterocycles. The van der Waals surface area contributed by atoms with Crippen molar-refractivity contribution < 1.29 is 13.2 Å². The van der Waals surface area contributed by atoms with Gasteiger partial charge in [-0.3, -0.25) is 9.10 Å².